The van der Waals surface area contributed by atoms with Gasteiger partial charge in [-0.25, -0.2) is 4.98 Å². The summed E-state index contributed by atoms with van der Waals surface area (Å²) < 4.78 is 0. The molecule has 24 heavy (non-hydrogen) atoms. The lowest BCUT2D eigenvalue weighted by atomic mass is 10.0. The monoisotopic (exact) mass is 326 g/mol. The molecule has 0 fully saturated rings. The summed E-state index contributed by atoms with van der Waals surface area (Å²) in [5, 5.41) is 20.1. The Hall–Kier alpha value is -2.62. The number of nitrogens with two attached hydrogens (primary N) is 2. The van der Waals surface area contributed by atoms with E-state index < -0.39 is 11.2 Å². The third-order valence-electron chi connectivity index (χ3n) is 3.34. The zero-order valence-electron chi connectivity index (χ0n) is 14.3. The van der Waals surface area contributed by atoms with Crippen molar-refractivity contribution in [2.45, 2.75) is 38.9 Å². The van der Waals surface area contributed by atoms with E-state index in [0.717, 1.165) is 0 Å². The summed E-state index contributed by atoms with van der Waals surface area (Å²) in [6.07, 6.45) is 1.55. The lowest BCUT2D eigenvalue weighted by Gasteiger charge is -2.18. The van der Waals surface area contributed by atoms with Crippen molar-refractivity contribution in [1.82, 2.24) is 9.97 Å². The summed E-state index contributed by atoms with van der Waals surface area (Å²) in [5.41, 5.74) is 12.1. The molecule has 0 saturated carbocycles. The van der Waals surface area contributed by atoms with Gasteiger partial charge in [0, 0.05) is 11.8 Å². The molecule has 6 nitrogen and oxygen atoms in total. The van der Waals surface area contributed by atoms with Gasteiger partial charge in [0.25, 0.3) is 0 Å². The number of pyridine rings is 2. The van der Waals surface area contributed by atoms with Crippen LogP contribution >= 0.6 is 0 Å². The van der Waals surface area contributed by atoms with Gasteiger partial charge >= 0.3 is 0 Å². The highest BCUT2D eigenvalue weighted by atomic mass is 16.3. The first-order valence-corrected chi connectivity index (χ1v) is 7.48. The molecule has 0 atom stereocenters. The largest absolute Gasteiger partial charge is 0.397 e. The molecular formula is C18H22N4O2. The smallest absolute Gasteiger partial charge is 0.114 e. The van der Waals surface area contributed by atoms with Gasteiger partial charge in [-0.2, -0.15) is 0 Å². The zero-order chi connectivity index (χ0) is 18.1. The molecule has 2 heterocycles. The van der Waals surface area contributed by atoms with E-state index >= 15 is 0 Å². The van der Waals surface area contributed by atoms with Gasteiger partial charge in [0.15, 0.2) is 0 Å². The quantitative estimate of drug-likeness (QED) is 0.621. The normalized spacial score (nSPS) is 11.8. The second-order valence-electron chi connectivity index (χ2n) is 6.66. The molecule has 0 aromatic carbocycles. The molecule has 0 aliphatic carbocycles. The van der Waals surface area contributed by atoms with Crippen molar-refractivity contribution in [3.8, 4) is 11.8 Å². The maximum absolute atomic E-state index is 10.1. The first kappa shape index (κ1) is 17.7. The Labute approximate surface area is 141 Å². The predicted octanol–water partition coefficient (Wildman–Crippen LogP) is 1.50. The van der Waals surface area contributed by atoms with Crippen molar-refractivity contribution in [3.63, 3.8) is 0 Å². The number of hydrogen-bond acceptors (Lipinski definition) is 6. The van der Waals surface area contributed by atoms with Gasteiger partial charge in [-0.15, -0.1) is 0 Å². The summed E-state index contributed by atoms with van der Waals surface area (Å²) in [5.74, 6) is 5.82. The highest BCUT2D eigenvalue weighted by Crippen LogP contribution is 2.24. The van der Waals surface area contributed by atoms with E-state index in [1.54, 1.807) is 52.1 Å². The van der Waals surface area contributed by atoms with Gasteiger partial charge in [0.05, 0.1) is 22.8 Å². The zero-order valence-corrected chi connectivity index (χ0v) is 14.3. The van der Waals surface area contributed by atoms with Crippen molar-refractivity contribution in [2.75, 3.05) is 11.5 Å². The van der Waals surface area contributed by atoms with Crippen LogP contribution in [0.3, 0.4) is 0 Å². The third kappa shape index (κ3) is 4.02. The van der Waals surface area contributed by atoms with Crippen LogP contribution in [0.1, 0.15) is 50.3 Å². The van der Waals surface area contributed by atoms with Crippen LogP contribution in [-0.2, 0) is 11.2 Å². The van der Waals surface area contributed by atoms with Gasteiger partial charge in [0.1, 0.15) is 16.9 Å². The number of nitrogens with zero attached hydrogens (tertiary/aromatic N) is 2. The predicted molar refractivity (Wildman–Crippen MR) is 93.8 cm³/mol. The van der Waals surface area contributed by atoms with Crippen molar-refractivity contribution < 1.29 is 10.2 Å². The maximum Gasteiger partial charge on any atom is 0.114 e. The van der Waals surface area contributed by atoms with Crippen LogP contribution in [0.2, 0.25) is 0 Å². The molecule has 2 rings (SSSR count). The van der Waals surface area contributed by atoms with E-state index in [1.807, 2.05) is 0 Å². The van der Waals surface area contributed by atoms with E-state index in [1.165, 1.54) is 0 Å². The molecule has 6 N–H and O–H groups in total. The topological polar surface area (TPSA) is 118 Å². The molecule has 0 radical (unpaired) electrons. The average molecular weight is 326 g/mol. The number of rotatable bonds is 2. The van der Waals surface area contributed by atoms with Crippen molar-refractivity contribution in [3.05, 3.63) is 47.0 Å². The van der Waals surface area contributed by atoms with Crippen LogP contribution in [0.25, 0.3) is 0 Å². The Kier molecular flexibility index (Phi) is 4.52. The molecule has 0 spiro atoms. The molecule has 6 heteroatoms. The van der Waals surface area contributed by atoms with Gasteiger partial charge in [0.2, 0.25) is 0 Å². The standard InChI is InChI=1S/C18H22N4O2/c1-17(2,23)15-14(20)9-11(10-21-15)5-6-12-7-8-13(19)16(22-12)18(3,4)24/h7-10,23-24H,19-20H2,1-4H3. The van der Waals surface area contributed by atoms with Crippen LogP contribution in [0.5, 0.6) is 0 Å². The Balaban J connectivity index is 2.36. The van der Waals surface area contributed by atoms with Crippen molar-refractivity contribution in [1.29, 1.82) is 0 Å². The first-order valence-electron chi connectivity index (χ1n) is 7.48. The van der Waals surface area contributed by atoms with Crippen molar-refractivity contribution >= 4 is 11.4 Å². The second kappa shape index (κ2) is 6.11. The summed E-state index contributed by atoms with van der Waals surface area (Å²) in [7, 11) is 0. The van der Waals surface area contributed by atoms with Gasteiger partial charge in [-0.05, 0) is 51.8 Å². The van der Waals surface area contributed by atoms with E-state index in [4.69, 9.17) is 11.5 Å². The fourth-order valence-corrected chi connectivity index (χ4v) is 2.23. The van der Waals surface area contributed by atoms with E-state index in [2.05, 4.69) is 21.8 Å². The summed E-state index contributed by atoms with van der Waals surface area (Å²) in [6.45, 7) is 6.47. The number of nitrogen functional groups attached to an aromatic ring is 2. The number of aliphatic hydroxyl groups is 2. The number of aromatic nitrogens is 2. The maximum atomic E-state index is 10.1. The third-order valence-corrected chi connectivity index (χ3v) is 3.34. The second-order valence-corrected chi connectivity index (χ2v) is 6.66. The van der Waals surface area contributed by atoms with Crippen LogP contribution in [0.4, 0.5) is 11.4 Å². The fourth-order valence-electron chi connectivity index (χ4n) is 2.23. The van der Waals surface area contributed by atoms with Crippen LogP contribution in [0, 0.1) is 11.8 Å². The van der Waals surface area contributed by atoms with E-state index in [0.29, 0.717) is 34.0 Å². The molecule has 2 aromatic heterocycles. The molecule has 0 saturated heterocycles. The van der Waals surface area contributed by atoms with Crippen LogP contribution in [-0.4, -0.2) is 20.2 Å². The van der Waals surface area contributed by atoms with E-state index in [9.17, 15) is 10.2 Å². The molecule has 0 unspecified atom stereocenters. The summed E-state index contributed by atoms with van der Waals surface area (Å²) in [4.78, 5) is 8.47. The molecule has 2 aromatic rings. The molecule has 0 amide bonds. The molecular weight excluding hydrogens is 304 g/mol. The minimum Gasteiger partial charge on any atom is -0.397 e. The molecule has 0 aliphatic heterocycles. The van der Waals surface area contributed by atoms with Crippen LogP contribution in [0.15, 0.2) is 24.4 Å². The van der Waals surface area contributed by atoms with Crippen LogP contribution < -0.4 is 11.5 Å². The summed E-state index contributed by atoms with van der Waals surface area (Å²) in [6, 6.07) is 5.00. The van der Waals surface area contributed by atoms with Gasteiger partial charge in [-0.3, -0.25) is 4.98 Å². The van der Waals surface area contributed by atoms with Crippen molar-refractivity contribution in [2.24, 2.45) is 0 Å². The molecule has 0 aliphatic rings. The molecule has 126 valence electrons. The Morgan fingerprint density at radius 3 is 2.08 bits per heavy atom. The Morgan fingerprint density at radius 1 is 0.917 bits per heavy atom. The average Bonchev–Trinajstić information content (AvgIpc) is 2.44. The fraction of sp³-hybridized carbons (Fsp3) is 0.333. The first-order chi connectivity index (χ1) is 11.0. The Bertz CT molecular complexity index is 822. The number of anilines is 2. The lowest BCUT2D eigenvalue weighted by molar-refractivity contribution is 0.0741. The van der Waals surface area contributed by atoms with Gasteiger partial charge < -0.3 is 21.7 Å². The lowest BCUT2D eigenvalue weighted by Crippen LogP contribution is -2.20. The highest BCUT2D eigenvalue weighted by molar-refractivity contribution is 5.53. The van der Waals surface area contributed by atoms with Gasteiger partial charge in [-0.1, -0.05) is 5.92 Å². The number of hydrogen-bond donors (Lipinski definition) is 4. The highest BCUT2D eigenvalue weighted by Gasteiger charge is 2.22. The molecule has 0 bridgehead atoms. The Morgan fingerprint density at radius 2 is 1.54 bits per heavy atom. The minimum atomic E-state index is -1.15. The van der Waals surface area contributed by atoms with E-state index in [-0.39, 0.29) is 0 Å². The SMILES string of the molecule is CC(C)(O)c1ncc(C#Cc2ccc(N)c(C(C)(C)O)n2)cc1N. The summed E-state index contributed by atoms with van der Waals surface area (Å²) >= 11 is 0. The minimum absolute atomic E-state index is 0.372.